The van der Waals surface area contributed by atoms with Crippen molar-refractivity contribution in [1.29, 1.82) is 0 Å². The number of fused-ring (bicyclic) bond motifs is 1. The van der Waals surface area contributed by atoms with Gasteiger partial charge in [0.25, 0.3) is 0 Å². The summed E-state index contributed by atoms with van der Waals surface area (Å²) in [5.41, 5.74) is 1.17. The minimum absolute atomic E-state index is 0.0672. The highest BCUT2D eigenvalue weighted by Gasteiger charge is 2.47. The van der Waals surface area contributed by atoms with Crippen LogP contribution in [0.1, 0.15) is 26.2 Å². The van der Waals surface area contributed by atoms with Crippen molar-refractivity contribution in [2.24, 2.45) is 17.8 Å². The molecule has 0 unspecified atom stereocenters. The van der Waals surface area contributed by atoms with Crippen LogP contribution in [0.5, 0.6) is 11.5 Å². The SMILES string of the molecule is CCOc1ccc(N2C[C@H](C(=O)Oc3ccc(N4C(=O)[C@H]5CC=CC[C@@H]5C4=O)cc3)CC2=O)cc1. The van der Waals surface area contributed by atoms with Crippen LogP contribution in [-0.2, 0) is 19.2 Å². The van der Waals surface area contributed by atoms with Gasteiger partial charge in [0.1, 0.15) is 11.5 Å². The molecular weight excluding hydrogens is 448 g/mol. The lowest BCUT2D eigenvalue weighted by atomic mass is 9.85. The van der Waals surface area contributed by atoms with Gasteiger partial charge >= 0.3 is 5.97 Å². The van der Waals surface area contributed by atoms with E-state index >= 15 is 0 Å². The molecular formula is C27H26N2O6. The Kier molecular flexibility index (Phi) is 6.11. The smallest absolute Gasteiger partial charge is 0.316 e. The first-order valence-electron chi connectivity index (χ1n) is 11.8. The van der Waals surface area contributed by atoms with Crippen LogP contribution in [-0.4, -0.2) is 36.8 Å². The molecule has 0 aromatic heterocycles. The minimum Gasteiger partial charge on any atom is -0.494 e. The largest absolute Gasteiger partial charge is 0.494 e. The molecule has 2 aromatic rings. The topological polar surface area (TPSA) is 93.2 Å². The monoisotopic (exact) mass is 474 g/mol. The number of hydrogen-bond acceptors (Lipinski definition) is 6. The van der Waals surface area contributed by atoms with E-state index in [0.29, 0.717) is 36.6 Å². The molecule has 8 nitrogen and oxygen atoms in total. The summed E-state index contributed by atoms with van der Waals surface area (Å²) in [7, 11) is 0. The third-order valence-electron chi connectivity index (χ3n) is 6.74. The summed E-state index contributed by atoms with van der Waals surface area (Å²) in [4.78, 5) is 53.6. The van der Waals surface area contributed by atoms with Crippen LogP contribution in [0.2, 0.25) is 0 Å². The Hall–Kier alpha value is -3.94. The molecule has 180 valence electrons. The maximum absolute atomic E-state index is 12.8. The van der Waals surface area contributed by atoms with Crippen LogP contribution in [0, 0.1) is 17.8 Å². The summed E-state index contributed by atoms with van der Waals surface area (Å²) in [5, 5.41) is 0. The second kappa shape index (κ2) is 9.37. The Labute approximate surface area is 203 Å². The van der Waals surface area contributed by atoms with E-state index in [9.17, 15) is 19.2 Å². The minimum atomic E-state index is -0.592. The van der Waals surface area contributed by atoms with Crippen molar-refractivity contribution in [2.45, 2.75) is 26.2 Å². The molecule has 2 heterocycles. The van der Waals surface area contributed by atoms with Crippen molar-refractivity contribution in [1.82, 2.24) is 0 Å². The fourth-order valence-electron chi connectivity index (χ4n) is 4.92. The summed E-state index contributed by atoms with van der Waals surface area (Å²) >= 11 is 0. The number of hydrogen-bond donors (Lipinski definition) is 0. The molecule has 1 aliphatic carbocycles. The quantitative estimate of drug-likeness (QED) is 0.275. The number of ether oxygens (including phenoxy) is 2. The molecule has 3 atom stereocenters. The van der Waals surface area contributed by atoms with Crippen molar-refractivity contribution in [3.63, 3.8) is 0 Å². The molecule has 2 aliphatic heterocycles. The van der Waals surface area contributed by atoms with Crippen LogP contribution in [0.4, 0.5) is 11.4 Å². The number of esters is 1. The molecule has 2 fully saturated rings. The van der Waals surface area contributed by atoms with Crippen LogP contribution in [0.25, 0.3) is 0 Å². The fourth-order valence-corrected chi connectivity index (χ4v) is 4.92. The van der Waals surface area contributed by atoms with E-state index in [2.05, 4.69) is 0 Å². The molecule has 0 saturated carbocycles. The van der Waals surface area contributed by atoms with Gasteiger partial charge in [0.15, 0.2) is 0 Å². The van der Waals surface area contributed by atoms with Crippen molar-refractivity contribution < 1.29 is 28.7 Å². The molecule has 0 N–H and O–H groups in total. The van der Waals surface area contributed by atoms with E-state index in [-0.39, 0.29) is 42.5 Å². The predicted octanol–water partition coefficient (Wildman–Crippen LogP) is 3.50. The average Bonchev–Trinajstić information content (AvgIpc) is 3.38. The van der Waals surface area contributed by atoms with E-state index < -0.39 is 11.9 Å². The lowest BCUT2D eigenvalue weighted by Crippen LogP contribution is -2.30. The van der Waals surface area contributed by atoms with Crippen molar-refractivity contribution >= 4 is 35.1 Å². The van der Waals surface area contributed by atoms with Crippen LogP contribution in [0.15, 0.2) is 60.7 Å². The van der Waals surface area contributed by atoms with E-state index in [4.69, 9.17) is 9.47 Å². The molecule has 0 radical (unpaired) electrons. The first-order chi connectivity index (χ1) is 17.0. The second-order valence-electron chi connectivity index (χ2n) is 8.91. The second-order valence-corrected chi connectivity index (χ2v) is 8.91. The zero-order valence-electron chi connectivity index (χ0n) is 19.4. The molecule has 3 aliphatic rings. The van der Waals surface area contributed by atoms with Gasteiger partial charge in [0.05, 0.1) is 30.0 Å². The third kappa shape index (κ3) is 4.32. The summed E-state index contributed by atoms with van der Waals surface area (Å²) in [6.45, 7) is 2.69. The molecule has 5 rings (SSSR count). The maximum Gasteiger partial charge on any atom is 0.316 e. The Bertz CT molecular complexity index is 1160. The molecule has 0 bridgehead atoms. The van der Waals surface area contributed by atoms with Gasteiger partial charge < -0.3 is 14.4 Å². The maximum atomic E-state index is 12.8. The standard InChI is InChI=1S/C27H26N2O6/c1-2-34-20-11-7-18(8-12-20)28-16-17(15-24(28)30)27(33)35-21-13-9-19(10-14-21)29-25(31)22-5-3-4-6-23(22)26(29)32/h3-4,7-14,17,22-23H,2,5-6,15-16H2,1H3/t17-,22+,23+/m1/s1. The van der Waals surface area contributed by atoms with Crippen LogP contribution in [0.3, 0.4) is 0 Å². The third-order valence-corrected chi connectivity index (χ3v) is 6.74. The Morgan fingerprint density at radius 3 is 2.03 bits per heavy atom. The van der Waals surface area contributed by atoms with Crippen molar-refractivity contribution in [3.05, 3.63) is 60.7 Å². The number of allylic oxidation sites excluding steroid dienone is 2. The number of rotatable bonds is 6. The van der Waals surface area contributed by atoms with E-state index in [0.717, 1.165) is 5.75 Å². The molecule has 2 saturated heterocycles. The summed E-state index contributed by atoms with van der Waals surface area (Å²) in [5.74, 6) is -1.20. The van der Waals surface area contributed by atoms with E-state index in [1.807, 2.05) is 19.1 Å². The number of benzene rings is 2. The van der Waals surface area contributed by atoms with E-state index in [1.54, 1.807) is 53.4 Å². The summed E-state index contributed by atoms with van der Waals surface area (Å²) in [6.07, 6.45) is 5.12. The average molecular weight is 475 g/mol. The Morgan fingerprint density at radius 1 is 0.857 bits per heavy atom. The molecule has 2 aromatic carbocycles. The van der Waals surface area contributed by atoms with Gasteiger partial charge in [0, 0.05) is 18.7 Å². The van der Waals surface area contributed by atoms with Crippen LogP contribution >= 0.6 is 0 Å². The van der Waals surface area contributed by atoms with Crippen molar-refractivity contribution in [2.75, 3.05) is 23.0 Å². The van der Waals surface area contributed by atoms with Gasteiger partial charge in [-0.1, -0.05) is 12.2 Å². The lowest BCUT2D eigenvalue weighted by Gasteiger charge is -2.17. The number of carbonyl (C=O) groups excluding carboxylic acids is 4. The predicted molar refractivity (Wildman–Crippen MR) is 128 cm³/mol. The highest BCUT2D eigenvalue weighted by Crippen LogP contribution is 2.38. The molecule has 0 spiro atoms. The van der Waals surface area contributed by atoms with Gasteiger partial charge in [-0.2, -0.15) is 0 Å². The van der Waals surface area contributed by atoms with E-state index in [1.165, 1.54) is 4.90 Å². The first-order valence-corrected chi connectivity index (χ1v) is 11.8. The molecule has 35 heavy (non-hydrogen) atoms. The Balaban J connectivity index is 1.22. The highest BCUT2D eigenvalue weighted by molar-refractivity contribution is 6.22. The van der Waals surface area contributed by atoms with Gasteiger partial charge in [-0.3, -0.25) is 24.1 Å². The fraction of sp³-hybridized carbons (Fsp3) is 0.333. The van der Waals surface area contributed by atoms with Gasteiger partial charge in [0.2, 0.25) is 17.7 Å². The summed E-state index contributed by atoms with van der Waals surface area (Å²) < 4.78 is 10.9. The first kappa shape index (κ1) is 22.8. The number of anilines is 2. The molecule has 8 heteroatoms. The van der Waals surface area contributed by atoms with Crippen LogP contribution < -0.4 is 19.3 Å². The number of carbonyl (C=O) groups is 4. The summed E-state index contributed by atoms with van der Waals surface area (Å²) in [6, 6.07) is 13.5. The zero-order valence-corrected chi connectivity index (χ0v) is 19.4. The highest BCUT2D eigenvalue weighted by atomic mass is 16.5. The Morgan fingerprint density at radius 2 is 1.43 bits per heavy atom. The van der Waals surface area contributed by atoms with Gasteiger partial charge in [-0.05, 0) is 68.3 Å². The normalized spacial score (nSPS) is 23.6. The lowest BCUT2D eigenvalue weighted by molar-refractivity contribution is -0.139. The van der Waals surface area contributed by atoms with Gasteiger partial charge in [-0.15, -0.1) is 0 Å². The van der Waals surface area contributed by atoms with Crippen molar-refractivity contribution in [3.8, 4) is 11.5 Å². The van der Waals surface area contributed by atoms with Gasteiger partial charge in [-0.25, -0.2) is 0 Å². The zero-order chi connectivity index (χ0) is 24.5. The number of amides is 3. The molecule has 3 amide bonds. The number of imide groups is 1. The number of nitrogens with zero attached hydrogens (tertiary/aromatic N) is 2.